The summed E-state index contributed by atoms with van der Waals surface area (Å²) in [6, 6.07) is -0.162. The number of rotatable bonds is 3. The first-order chi connectivity index (χ1) is 10.1. The van der Waals surface area contributed by atoms with Crippen molar-refractivity contribution >= 4 is 23.4 Å². The highest BCUT2D eigenvalue weighted by atomic mass is 35.5. The van der Waals surface area contributed by atoms with Crippen molar-refractivity contribution in [1.82, 2.24) is 9.97 Å². The molecule has 3 fully saturated rings. The first-order valence-electron chi connectivity index (χ1n) is 7.12. The van der Waals surface area contributed by atoms with Crippen LogP contribution in [0.5, 0.6) is 0 Å². The minimum absolute atomic E-state index is 0.0190. The minimum Gasteiger partial charge on any atom is -0.469 e. The molecule has 7 heteroatoms. The number of methoxy groups -OCH3 is 1. The molecule has 5 nitrogen and oxygen atoms in total. The third-order valence-corrected chi connectivity index (χ3v) is 4.89. The molecule has 3 saturated carbocycles. The Balaban J connectivity index is 1.87. The van der Waals surface area contributed by atoms with Crippen LogP contribution in [0.4, 0.5) is 10.2 Å². The van der Waals surface area contributed by atoms with Gasteiger partial charge in [0, 0.05) is 6.04 Å². The Morgan fingerprint density at radius 1 is 1.38 bits per heavy atom. The normalized spacial score (nSPS) is 31.0. The lowest BCUT2D eigenvalue weighted by molar-refractivity contribution is -0.152. The summed E-state index contributed by atoms with van der Waals surface area (Å²) in [5.74, 6) is -0.378. The predicted octanol–water partition coefficient (Wildman–Crippen LogP) is 2.66. The lowest BCUT2D eigenvalue weighted by Crippen LogP contribution is -2.52. The standard InChI is InChI=1S/C14H17ClFN3O2/c1-21-13(20)10-7-2-4-8(5-3-7)11(10)18-12-9(16)6-17-14(15)19-12/h6-8,10-11H,2-5H2,1H3,(H,17,18,19)/t7?,8?,10?,11-/m0/s1. The van der Waals surface area contributed by atoms with Crippen LogP contribution in [0.25, 0.3) is 0 Å². The van der Waals surface area contributed by atoms with E-state index < -0.39 is 5.82 Å². The van der Waals surface area contributed by atoms with Gasteiger partial charge in [-0.15, -0.1) is 0 Å². The van der Waals surface area contributed by atoms with Crippen molar-refractivity contribution in [3.8, 4) is 0 Å². The van der Waals surface area contributed by atoms with Gasteiger partial charge < -0.3 is 10.1 Å². The summed E-state index contributed by atoms with van der Waals surface area (Å²) in [6.45, 7) is 0. The fourth-order valence-corrected chi connectivity index (χ4v) is 3.87. The maximum Gasteiger partial charge on any atom is 0.311 e. The van der Waals surface area contributed by atoms with E-state index in [0.717, 1.165) is 31.9 Å². The number of hydrogen-bond donors (Lipinski definition) is 1. The van der Waals surface area contributed by atoms with Gasteiger partial charge in [0.1, 0.15) is 0 Å². The molecule has 1 unspecified atom stereocenters. The molecule has 1 aromatic heterocycles. The van der Waals surface area contributed by atoms with E-state index in [4.69, 9.17) is 16.3 Å². The number of aromatic nitrogens is 2. The Bertz CT molecular complexity index is 549. The second-order valence-corrected chi connectivity index (χ2v) is 6.07. The Hall–Kier alpha value is -1.43. The van der Waals surface area contributed by atoms with Crippen molar-refractivity contribution in [3.63, 3.8) is 0 Å². The van der Waals surface area contributed by atoms with Gasteiger partial charge in [0.15, 0.2) is 11.6 Å². The number of anilines is 1. The van der Waals surface area contributed by atoms with Crippen LogP contribution in [-0.2, 0) is 9.53 Å². The molecule has 3 aliphatic carbocycles. The number of nitrogens with zero attached hydrogens (tertiary/aromatic N) is 2. The van der Waals surface area contributed by atoms with Gasteiger partial charge in [0.25, 0.3) is 0 Å². The van der Waals surface area contributed by atoms with Crippen LogP contribution in [0.1, 0.15) is 25.7 Å². The molecular weight excluding hydrogens is 297 g/mol. The van der Waals surface area contributed by atoms with E-state index in [1.165, 1.54) is 7.11 Å². The van der Waals surface area contributed by atoms with E-state index in [9.17, 15) is 9.18 Å². The molecule has 2 bridgehead atoms. The molecule has 0 amide bonds. The number of hydrogen-bond acceptors (Lipinski definition) is 5. The summed E-state index contributed by atoms with van der Waals surface area (Å²) >= 11 is 5.72. The molecule has 3 aliphatic rings. The number of esters is 1. The van der Waals surface area contributed by atoms with Crippen LogP contribution in [0.2, 0.25) is 5.28 Å². The lowest BCUT2D eigenvalue weighted by Gasteiger charge is -2.47. The lowest BCUT2D eigenvalue weighted by atomic mass is 9.61. The van der Waals surface area contributed by atoms with E-state index in [1.807, 2.05) is 0 Å². The molecule has 0 aromatic carbocycles. The van der Waals surface area contributed by atoms with Crippen molar-refractivity contribution < 1.29 is 13.9 Å². The smallest absolute Gasteiger partial charge is 0.311 e. The molecule has 1 heterocycles. The molecule has 21 heavy (non-hydrogen) atoms. The van der Waals surface area contributed by atoms with E-state index in [0.29, 0.717) is 11.8 Å². The van der Waals surface area contributed by atoms with Gasteiger partial charge in [-0.25, -0.2) is 9.37 Å². The minimum atomic E-state index is -0.565. The van der Waals surface area contributed by atoms with Gasteiger partial charge in [0.2, 0.25) is 5.28 Å². The van der Waals surface area contributed by atoms with Gasteiger partial charge in [-0.3, -0.25) is 4.79 Å². The van der Waals surface area contributed by atoms with Gasteiger partial charge in [-0.1, -0.05) is 0 Å². The molecule has 4 rings (SSSR count). The number of carbonyl (C=O) groups excluding carboxylic acids is 1. The van der Waals surface area contributed by atoms with Crippen molar-refractivity contribution in [3.05, 3.63) is 17.3 Å². The fourth-order valence-electron chi connectivity index (χ4n) is 3.74. The molecule has 114 valence electrons. The van der Waals surface area contributed by atoms with E-state index in [-0.39, 0.29) is 29.0 Å². The molecule has 1 aromatic rings. The zero-order valence-corrected chi connectivity index (χ0v) is 12.4. The van der Waals surface area contributed by atoms with E-state index in [1.54, 1.807) is 0 Å². The first kappa shape index (κ1) is 14.5. The second kappa shape index (κ2) is 5.75. The number of carbonyl (C=O) groups is 1. The molecule has 2 atom stereocenters. The van der Waals surface area contributed by atoms with E-state index in [2.05, 4.69) is 15.3 Å². The Morgan fingerprint density at radius 2 is 2.05 bits per heavy atom. The summed E-state index contributed by atoms with van der Waals surface area (Å²) < 4.78 is 18.7. The maximum atomic E-state index is 13.8. The second-order valence-electron chi connectivity index (χ2n) is 5.73. The first-order valence-corrected chi connectivity index (χ1v) is 7.50. The maximum absolute atomic E-state index is 13.8. The molecule has 1 N–H and O–H groups in total. The number of nitrogens with one attached hydrogen (secondary N) is 1. The summed E-state index contributed by atoms with van der Waals surface area (Å²) in [7, 11) is 1.39. The molecule has 0 saturated heterocycles. The van der Waals surface area contributed by atoms with Crippen LogP contribution in [-0.4, -0.2) is 29.1 Å². The van der Waals surface area contributed by atoms with Crippen LogP contribution in [0, 0.1) is 23.6 Å². The van der Waals surface area contributed by atoms with Gasteiger partial charge in [-0.2, -0.15) is 4.98 Å². The zero-order valence-electron chi connectivity index (χ0n) is 11.7. The quantitative estimate of drug-likeness (QED) is 0.686. The topological polar surface area (TPSA) is 64.1 Å². The zero-order chi connectivity index (χ0) is 15.0. The predicted molar refractivity (Wildman–Crippen MR) is 75.4 cm³/mol. The van der Waals surface area contributed by atoms with Crippen LogP contribution < -0.4 is 5.32 Å². The summed E-state index contributed by atoms with van der Waals surface area (Å²) in [4.78, 5) is 19.6. The van der Waals surface area contributed by atoms with Crippen molar-refractivity contribution in [2.45, 2.75) is 31.7 Å². The summed E-state index contributed by atoms with van der Waals surface area (Å²) in [5.41, 5.74) is 0. The average Bonchev–Trinajstić information content (AvgIpc) is 2.51. The van der Waals surface area contributed by atoms with Crippen LogP contribution in [0.3, 0.4) is 0 Å². The highest BCUT2D eigenvalue weighted by Gasteiger charge is 2.48. The number of ether oxygens (including phenoxy) is 1. The molecular formula is C14H17ClFN3O2. The third-order valence-electron chi connectivity index (χ3n) is 4.71. The molecule has 0 spiro atoms. The Kier molecular flexibility index (Phi) is 3.97. The Morgan fingerprint density at radius 3 is 2.71 bits per heavy atom. The largest absolute Gasteiger partial charge is 0.469 e. The number of halogens is 2. The fraction of sp³-hybridized carbons (Fsp3) is 0.643. The van der Waals surface area contributed by atoms with Gasteiger partial charge in [-0.05, 0) is 49.1 Å². The van der Waals surface area contributed by atoms with Crippen molar-refractivity contribution in [2.75, 3.05) is 12.4 Å². The third kappa shape index (κ3) is 2.69. The average molecular weight is 314 g/mol. The summed E-state index contributed by atoms with van der Waals surface area (Å²) in [6.07, 6.45) is 5.16. The van der Waals surface area contributed by atoms with Crippen LogP contribution in [0.15, 0.2) is 6.20 Å². The highest BCUT2D eigenvalue weighted by molar-refractivity contribution is 6.28. The SMILES string of the molecule is COC(=O)C1C2CCC(CC2)[C@@H]1Nc1nc(Cl)ncc1F. The monoisotopic (exact) mass is 313 g/mol. The Labute approximate surface area is 127 Å². The van der Waals surface area contributed by atoms with Crippen molar-refractivity contribution in [1.29, 1.82) is 0 Å². The highest BCUT2D eigenvalue weighted by Crippen LogP contribution is 2.46. The van der Waals surface area contributed by atoms with Gasteiger partial charge in [0.05, 0.1) is 19.2 Å². The number of fused-ring (bicyclic) bond motifs is 3. The van der Waals surface area contributed by atoms with Crippen LogP contribution >= 0.6 is 11.6 Å². The molecule has 0 aliphatic heterocycles. The van der Waals surface area contributed by atoms with E-state index >= 15 is 0 Å². The molecule has 0 radical (unpaired) electrons. The van der Waals surface area contributed by atoms with Gasteiger partial charge >= 0.3 is 5.97 Å². The summed E-state index contributed by atoms with van der Waals surface area (Å²) in [5, 5.41) is 3.06. The van der Waals surface area contributed by atoms with Crippen molar-refractivity contribution in [2.24, 2.45) is 17.8 Å².